The molecule has 2 aliphatic rings. The molecule has 2 aromatic carbocycles. The lowest BCUT2D eigenvalue weighted by Gasteiger charge is -2.17. The molecular formula is C18H23ClN2O. The van der Waals surface area contributed by atoms with Crippen molar-refractivity contribution in [3.63, 3.8) is 0 Å². The Kier molecular flexibility index (Phi) is 4.87. The summed E-state index contributed by atoms with van der Waals surface area (Å²) in [5, 5.41) is 6.00. The minimum Gasteiger partial charge on any atom is -0.492 e. The Morgan fingerprint density at radius 1 is 1.00 bits per heavy atom. The molecule has 2 aliphatic heterocycles. The summed E-state index contributed by atoms with van der Waals surface area (Å²) in [5.41, 5.74) is 0. The van der Waals surface area contributed by atoms with Crippen LogP contribution in [0.1, 0.15) is 0 Å². The van der Waals surface area contributed by atoms with Crippen LogP contribution in [0.25, 0.3) is 10.8 Å². The first-order chi connectivity index (χ1) is 10.4. The molecule has 0 spiro atoms. The minimum atomic E-state index is 0. The molecule has 4 heteroatoms. The largest absolute Gasteiger partial charge is 0.492 e. The molecule has 1 N–H and O–H groups in total. The van der Waals surface area contributed by atoms with Crippen molar-refractivity contribution in [1.29, 1.82) is 0 Å². The van der Waals surface area contributed by atoms with Gasteiger partial charge in [0.1, 0.15) is 12.4 Å². The average Bonchev–Trinajstić information content (AvgIpc) is 3.08. The number of hydrogen-bond acceptors (Lipinski definition) is 3. The van der Waals surface area contributed by atoms with Gasteiger partial charge >= 0.3 is 0 Å². The molecule has 2 fully saturated rings. The molecule has 22 heavy (non-hydrogen) atoms. The Labute approximate surface area is 138 Å². The number of hydrogen-bond donors (Lipinski definition) is 1. The second kappa shape index (κ2) is 6.86. The first-order valence-electron chi connectivity index (χ1n) is 7.93. The maximum absolute atomic E-state index is 5.94. The van der Waals surface area contributed by atoms with Crippen LogP contribution in [0.15, 0.2) is 42.5 Å². The van der Waals surface area contributed by atoms with Crippen molar-refractivity contribution in [2.24, 2.45) is 11.8 Å². The summed E-state index contributed by atoms with van der Waals surface area (Å²) in [6.07, 6.45) is 0. The summed E-state index contributed by atoms with van der Waals surface area (Å²) in [5.74, 6) is 2.71. The van der Waals surface area contributed by atoms with Crippen LogP contribution in [0.2, 0.25) is 0 Å². The molecule has 2 atom stereocenters. The van der Waals surface area contributed by atoms with Crippen molar-refractivity contribution in [3.05, 3.63) is 42.5 Å². The monoisotopic (exact) mass is 318 g/mol. The zero-order valence-corrected chi connectivity index (χ0v) is 13.5. The first-order valence-corrected chi connectivity index (χ1v) is 7.93. The molecule has 0 bridgehead atoms. The number of ether oxygens (including phenoxy) is 1. The fourth-order valence-corrected chi connectivity index (χ4v) is 3.68. The predicted molar refractivity (Wildman–Crippen MR) is 93.0 cm³/mol. The van der Waals surface area contributed by atoms with E-state index in [0.717, 1.165) is 30.7 Å². The summed E-state index contributed by atoms with van der Waals surface area (Å²) in [6, 6.07) is 14.8. The van der Waals surface area contributed by atoms with Crippen molar-refractivity contribution in [2.45, 2.75) is 0 Å². The van der Waals surface area contributed by atoms with Crippen molar-refractivity contribution in [1.82, 2.24) is 10.2 Å². The van der Waals surface area contributed by atoms with Gasteiger partial charge in [-0.2, -0.15) is 0 Å². The van der Waals surface area contributed by atoms with Crippen LogP contribution in [-0.2, 0) is 0 Å². The first kappa shape index (κ1) is 15.6. The van der Waals surface area contributed by atoms with Crippen molar-refractivity contribution in [3.8, 4) is 5.75 Å². The number of halogens is 1. The van der Waals surface area contributed by atoms with Gasteiger partial charge in [-0.05, 0) is 47.8 Å². The van der Waals surface area contributed by atoms with Crippen LogP contribution >= 0.6 is 12.4 Å². The van der Waals surface area contributed by atoms with Crippen LogP contribution in [0.5, 0.6) is 5.75 Å². The van der Waals surface area contributed by atoms with Crippen LogP contribution in [-0.4, -0.2) is 44.2 Å². The van der Waals surface area contributed by atoms with Crippen molar-refractivity contribution >= 4 is 23.2 Å². The van der Waals surface area contributed by atoms with E-state index < -0.39 is 0 Å². The molecular weight excluding hydrogens is 296 g/mol. The van der Waals surface area contributed by atoms with Crippen molar-refractivity contribution < 1.29 is 4.74 Å². The predicted octanol–water partition coefficient (Wildman–Crippen LogP) is 2.79. The Hall–Kier alpha value is -1.29. The van der Waals surface area contributed by atoms with E-state index in [1.165, 1.54) is 37.0 Å². The van der Waals surface area contributed by atoms with Gasteiger partial charge in [0.2, 0.25) is 0 Å². The molecule has 3 nitrogen and oxygen atoms in total. The van der Waals surface area contributed by atoms with Crippen LogP contribution < -0.4 is 10.1 Å². The molecule has 2 aromatic rings. The molecule has 2 saturated heterocycles. The lowest BCUT2D eigenvalue weighted by atomic mass is 10.0. The van der Waals surface area contributed by atoms with Crippen LogP contribution in [0.4, 0.5) is 0 Å². The fraction of sp³-hybridized carbons (Fsp3) is 0.444. The maximum atomic E-state index is 5.94. The second-order valence-electron chi connectivity index (χ2n) is 6.30. The smallest absolute Gasteiger partial charge is 0.120 e. The van der Waals surface area contributed by atoms with Gasteiger partial charge in [-0.1, -0.05) is 30.3 Å². The topological polar surface area (TPSA) is 24.5 Å². The zero-order valence-electron chi connectivity index (χ0n) is 12.7. The van der Waals surface area contributed by atoms with Gasteiger partial charge in [-0.3, -0.25) is 4.90 Å². The van der Waals surface area contributed by atoms with E-state index in [-0.39, 0.29) is 12.4 Å². The molecule has 0 saturated carbocycles. The van der Waals surface area contributed by atoms with E-state index >= 15 is 0 Å². The van der Waals surface area contributed by atoms with E-state index in [1.807, 2.05) is 0 Å². The highest BCUT2D eigenvalue weighted by molar-refractivity contribution is 5.85. The van der Waals surface area contributed by atoms with E-state index in [4.69, 9.17) is 4.74 Å². The number of likely N-dealkylation sites (tertiary alicyclic amines) is 1. The van der Waals surface area contributed by atoms with E-state index in [9.17, 15) is 0 Å². The van der Waals surface area contributed by atoms with E-state index in [2.05, 4.69) is 52.7 Å². The van der Waals surface area contributed by atoms with Gasteiger partial charge in [-0.25, -0.2) is 0 Å². The zero-order chi connectivity index (χ0) is 14.1. The SMILES string of the molecule is Cl.c1ccc2cc(OCCN3C[C@H]4CNC[C@H]4C3)ccc2c1. The molecule has 118 valence electrons. The molecule has 0 aromatic heterocycles. The lowest BCUT2D eigenvalue weighted by Crippen LogP contribution is -2.29. The summed E-state index contributed by atoms with van der Waals surface area (Å²) in [6.45, 7) is 6.70. The Balaban J connectivity index is 0.00000144. The second-order valence-corrected chi connectivity index (χ2v) is 6.30. The molecule has 0 radical (unpaired) electrons. The number of fused-ring (bicyclic) bond motifs is 2. The van der Waals surface area contributed by atoms with Crippen molar-refractivity contribution in [2.75, 3.05) is 39.3 Å². The van der Waals surface area contributed by atoms with Gasteiger partial charge in [0.25, 0.3) is 0 Å². The molecule has 4 rings (SSSR count). The van der Waals surface area contributed by atoms with Gasteiger partial charge in [0.15, 0.2) is 0 Å². The number of benzene rings is 2. The molecule has 0 aliphatic carbocycles. The summed E-state index contributed by atoms with van der Waals surface area (Å²) < 4.78 is 5.94. The molecule has 0 amide bonds. The number of rotatable bonds is 4. The standard InChI is InChI=1S/C18H22N2O.ClH/c1-2-4-15-9-18(6-5-14(15)3-1)21-8-7-20-12-16-10-19-11-17(16)13-20;/h1-6,9,16-17,19H,7-8,10-13H2;1H/t16-,17+;. The van der Waals surface area contributed by atoms with Gasteiger partial charge < -0.3 is 10.1 Å². The third-order valence-electron chi connectivity index (χ3n) is 4.86. The highest BCUT2D eigenvalue weighted by atomic mass is 35.5. The Bertz CT molecular complexity index is 621. The van der Waals surface area contributed by atoms with E-state index in [1.54, 1.807) is 0 Å². The number of nitrogens with zero attached hydrogens (tertiary/aromatic N) is 1. The van der Waals surface area contributed by atoms with Gasteiger partial charge in [0.05, 0.1) is 0 Å². The molecule has 0 unspecified atom stereocenters. The number of nitrogens with one attached hydrogen (secondary N) is 1. The molecule has 2 heterocycles. The summed E-state index contributed by atoms with van der Waals surface area (Å²) in [7, 11) is 0. The summed E-state index contributed by atoms with van der Waals surface area (Å²) >= 11 is 0. The van der Waals surface area contributed by atoms with E-state index in [0.29, 0.717) is 0 Å². The third kappa shape index (κ3) is 3.22. The van der Waals surface area contributed by atoms with Gasteiger partial charge in [0, 0.05) is 19.6 Å². The normalized spacial score (nSPS) is 24.2. The Morgan fingerprint density at radius 3 is 2.50 bits per heavy atom. The highest BCUT2D eigenvalue weighted by Gasteiger charge is 2.35. The third-order valence-corrected chi connectivity index (χ3v) is 4.86. The lowest BCUT2D eigenvalue weighted by molar-refractivity contribution is 0.228. The Morgan fingerprint density at radius 2 is 1.73 bits per heavy atom. The highest BCUT2D eigenvalue weighted by Crippen LogP contribution is 2.26. The fourth-order valence-electron chi connectivity index (χ4n) is 3.68. The van der Waals surface area contributed by atoms with Crippen LogP contribution in [0.3, 0.4) is 0 Å². The minimum absolute atomic E-state index is 0. The van der Waals surface area contributed by atoms with Crippen LogP contribution in [0, 0.1) is 11.8 Å². The maximum Gasteiger partial charge on any atom is 0.120 e. The average molecular weight is 319 g/mol. The quantitative estimate of drug-likeness (QED) is 0.938. The summed E-state index contributed by atoms with van der Waals surface area (Å²) in [4.78, 5) is 2.55. The van der Waals surface area contributed by atoms with Gasteiger partial charge in [-0.15, -0.1) is 12.4 Å².